The van der Waals surface area contributed by atoms with Crippen molar-refractivity contribution in [1.29, 1.82) is 0 Å². The lowest BCUT2D eigenvalue weighted by Gasteiger charge is -2.36. The van der Waals surface area contributed by atoms with Crippen LogP contribution in [-0.2, 0) is 9.59 Å². The van der Waals surface area contributed by atoms with Crippen molar-refractivity contribution >= 4 is 11.9 Å². The Morgan fingerprint density at radius 1 is 1.50 bits per heavy atom. The maximum atomic E-state index is 13.8. The van der Waals surface area contributed by atoms with Crippen molar-refractivity contribution in [3.63, 3.8) is 0 Å². The number of nitrogens with zero attached hydrogens (tertiary/aromatic N) is 1. The zero-order valence-corrected chi connectivity index (χ0v) is 10.8. The fraction of sp³-hybridized carbons (Fsp3) is 0.833. The highest BCUT2D eigenvalue weighted by molar-refractivity contribution is 5.82. The van der Waals surface area contributed by atoms with Crippen molar-refractivity contribution in [2.75, 3.05) is 13.1 Å². The number of alkyl halides is 1. The Balaban J connectivity index is 2.55. The first kappa shape index (κ1) is 14.9. The quantitative estimate of drug-likeness (QED) is 0.776. The molecule has 0 saturated carbocycles. The number of carboxylic acids is 1. The van der Waals surface area contributed by atoms with Gasteiger partial charge < -0.3 is 15.7 Å². The van der Waals surface area contributed by atoms with Gasteiger partial charge >= 0.3 is 5.97 Å². The number of carbonyl (C=O) groups is 2. The molecule has 0 spiro atoms. The van der Waals surface area contributed by atoms with E-state index in [4.69, 9.17) is 10.8 Å². The van der Waals surface area contributed by atoms with Crippen LogP contribution in [0.4, 0.5) is 4.39 Å². The van der Waals surface area contributed by atoms with Gasteiger partial charge in [-0.3, -0.25) is 9.59 Å². The predicted molar refractivity (Wildman–Crippen MR) is 64.6 cm³/mol. The Morgan fingerprint density at radius 3 is 2.56 bits per heavy atom. The van der Waals surface area contributed by atoms with Crippen LogP contribution in [0.5, 0.6) is 0 Å². The van der Waals surface area contributed by atoms with Crippen molar-refractivity contribution in [3.05, 3.63) is 0 Å². The molecule has 1 aliphatic rings. The number of piperidine rings is 1. The van der Waals surface area contributed by atoms with Crippen molar-refractivity contribution in [2.24, 2.45) is 17.6 Å². The van der Waals surface area contributed by atoms with E-state index in [9.17, 15) is 14.0 Å². The molecule has 1 saturated heterocycles. The molecule has 1 amide bonds. The minimum Gasteiger partial charge on any atom is -0.481 e. The van der Waals surface area contributed by atoms with Crippen molar-refractivity contribution in [2.45, 2.75) is 38.9 Å². The van der Waals surface area contributed by atoms with Crippen LogP contribution in [0.1, 0.15) is 26.7 Å². The first-order valence-electron chi connectivity index (χ1n) is 6.23. The highest BCUT2D eigenvalue weighted by Gasteiger charge is 2.34. The molecule has 0 aromatic rings. The molecule has 6 heteroatoms. The second-order valence-corrected chi connectivity index (χ2v) is 5.22. The molecule has 0 aromatic heterocycles. The van der Waals surface area contributed by atoms with Gasteiger partial charge in [-0.15, -0.1) is 0 Å². The van der Waals surface area contributed by atoms with Gasteiger partial charge in [0.25, 0.3) is 0 Å². The van der Waals surface area contributed by atoms with Gasteiger partial charge in [0.15, 0.2) is 0 Å². The number of aliphatic carboxylic acids is 1. The molecule has 0 radical (unpaired) electrons. The van der Waals surface area contributed by atoms with E-state index in [0.717, 1.165) is 0 Å². The number of rotatable bonds is 4. The minimum atomic E-state index is -1.28. The maximum absolute atomic E-state index is 13.8. The van der Waals surface area contributed by atoms with E-state index in [1.165, 1.54) is 4.90 Å². The average molecular weight is 260 g/mol. The zero-order chi connectivity index (χ0) is 13.9. The Kier molecular flexibility index (Phi) is 5.07. The third kappa shape index (κ3) is 3.66. The largest absolute Gasteiger partial charge is 0.481 e. The fourth-order valence-electron chi connectivity index (χ4n) is 2.10. The van der Waals surface area contributed by atoms with Gasteiger partial charge in [0.1, 0.15) is 6.17 Å². The molecule has 1 rings (SSSR count). The summed E-state index contributed by atoms with van der Waals surface area (Å²) in [6.07, 6.45) is -1.08. The van der Waals surface area contributed by atoms with Crippen LogP contribution in [-0.4, -0.2) is 47.2 Å². The molecular formula is C12H21FN2O3. The van der Waals surface area contributed by atoms with Crippen LogP contribution in [0.2, 0.25) is 0 Å². The van der Waals surface area contributed by atoms with Crippen LogP contribution in [0.25, 0.3) is 0 Å². The second kappa shape index (κ2) is 6.13. The van der Waals surface area contributed by atoms with E-state index in [1.54, 1.807) is 0 Å². The van der Waals surface area contributed by atoms with Crippen molar-refractivity contribution in [1.82, 2.24) is 4.90 Å². The molecule has 1 aliphatic heterocycles. The summed E-state index contributed by atoms with van der Waals surface area (Å²) < 4.78 is 13.8. The first-order valence-corrected chi connectivity index (χ1v) is 6.23. The minimum absolute atomic E-state index is 0.00676. The summed E-state index contributed by atoms with van der Waals surface area (Å²) in [5.74, 6) is -1.74. The number of halogens is 1. The molecule has 0 aliphatic carbocycles. The summed E-state index contributed by atoms with van der Waals surface area (Å²) in [6.45, 7) is 4.02. The lowest BCUT2D eigenvalue weighted by atomic mass is 9.91. The highest BCUT2D eigenvalue weighted by atomic mass is 19.1. The Morgan fingerprint density at radius 2 is 2.11 bits per heavy atom. The molecule has 1 heterocycles. The average Bonchev–Trinajstić information content (AvgIpc) is 2.29. The number of hydrogen-bond donors (Lipinski definition) is 2. The van der Waals surface area contributed by atoms with Crippen LogP contribution >= 0.6 is 0 Å². The summed E-state index contributed by atoms with van der Waals surface area (Å²) in [4.78, 5) is 23.9. The van der Waals surface area contributed by atoms with Gasteiger partial charge in [0.2, 0.25) is 5.91 Å². The van der Waals surface area contributed by atoms with E-state index < -0.39 is 24.1 Å². The molecule has 3 atom stereocenters. The number of hydrogen-bond acceptors (Lipinski definition) is 3. The topological polar surface area (TPSA) is 83.6 Å². The van der Waals surface area contributed by atoms with Gasteiger partial charge in [-0.25, -0.2) is 4.39 Å². The Labute approximate surface area is 106 Å². The van der Waals surface area contributed by atoms with Gasteiger partial charge in [0, 0.05) is 12.5 Å². The van der Waals surface area contributed by atoms with Crippen LogP contribution in [0.15, 0.2) is 0 Å². The molecule has 18 heavy (non-hydrogen) atoms. The monoisotopic (exact) mass is 260 g/mol. The summed E-state index contributed by atoms with van der Waals surface area (Å²) >= 11 is 0. The lowest BCUT2D eigenvalue weighted by molar-refractivity contribution is -0.140. The van der Waals surface area contributed by atoms with Crippen LogP contribution in [0, 0.1) is 11.8 Å². The molecule has 0 bridgehead atoms. The van der Waals surface area contributed by atoms with Crippen molar-refractivity contribution in [3.8, 4) is 0 Å². The van der Waals surface area contributed by atoms with E-state index in [2.05, 4.69) is 0 Å². The molecule has 104 valence electrons. The standard InChI is InChI=1S/C12H21FN2O3/c1-7(2)11(14)12(18)15-4-3-8(5-10(16)17)9(13)6-15/h7-9,11H,3-6,14H2,1-2H3,(H,16,17)/t8?,9?,11-/m0/s1. The summed E-state index contributed by atoms with van der Waals surface area (Å²) in [5, 5.41) is 8.65. The SMILES string of the molecule is CC(C)[C@H](N)C(=O)N1CCC(CC(=O)O)C(F)C1. The maximum Gasteiger partial charge on any atom is 0.303 e. The van der Waals surface area contributed by atoms with E-state index in [0.29, 0.717) is 13.0 Å². The van der Waals surface area contributed by atoms with Crippen LogP contribution < -0.4 is 5.73 Å². The first-order chi connectivity index (χ1) is 8.32. The number of amides is 1. The summed E-state index contributed by atoms with van der Waals surface area (Å²) in [5.41, 5.74) is 5.74. The summed E-state index contributed by atoms with van der Waals surface area (Å²) in [6, 6.07) is -0.617. The second-order valence-electron chi connectivity index (χ2n) is 5.22. The third-order valence-corrected chi connectivity index (χ3v) is 3.43. The fourth-order valence-corrected chi connectivity index (χ4v) is 2.10. The third-order valence-electron chi connectivity index (χ3n) is 3.43. The lowest BCUT2D eigenvalue weighted by Crippen LogP contribution is -2.52. The van der Waals surface area contributed by atoms with Crippen molar-refractivity contribution < 1.29 is 19.1 Å². The number of carbonyl (C=O) groups excluding carboxylic acids is 1. The van der Waals surface area contributed by atoms with Gasteiger partial charge in [-0.1, -0.05) is 13.8 Å². The van der Waals surface area contributed by atoms with Gasteiger partial charge in [-0.2, -0.15) is 0 Å². The van der Waals surface area contributed by atoms with E-state index in [-0.39, 0.29) is 24.8 Å². The molecule has 2 unspecified atom stereocenters. The Bertz CT molecular complexity index is 322. The predicted octanol–water partition coefficient (Wildman–Crippen LogP) is 0.631. The number of likely N-dealkylation sites (tertiary alicyclic amines) is 1. The van der Waals surface area contributed by atoms with E-state index >= 15 is 0 Å². The Hall–Kier alpha value is -1.17. The molecule has 1 fully saturated rings. The van der Waals surface area contributed by atoms with Gasteiger partial charge in [0.05, 0.1) is 19.0 Å². The number of carboxylic acid groups (broad SMARTS) is 1. The highest BCUT2D eigenvalue weighted by Crippen LogP contribution is 2.24. The molecular weight excluding hydrogens is 239 g/mol. The normalized spacial score (nSPS) is 26.2. The van der Waals surface area contributed by atoms with Gasteiger partial charge in [-0.05, 0) is 12.3 Å². The van der Waals surface area contributed by atoms with E-state index in [1.807, 2.05) is 13.8 Å². The molecule has 5 nitrogen and oxygen atoms in total. The summed E-state index contributed by atoms with van der Waals surface area (Å²) in [7, 11) is 0. The smallest absolute Gasteiger partial charge is 0.303 e. The molecule has 3 N–H and O–H groups in total. The number of nitrogens with two attached hydrogens (primary N) is 1. The van der Waals surface area contributed by atoms with Crippen LogP contribution in [0.3, 0.4) is 0 Å². The zero-order valence-electron chi connectivity index (χ0n) is 10.8. The molecule has 0 aromatic carbocycles.